The Kier molecular flexibility index (Phi) is 5.62. The fraction of sp³-hybridized carbons (Fsp3) is 0.667. The first kappa shape index (κ1) is 15.0. The van der Waals surface area contributed by atoms with Crippen LogP contribution in [0.1, 0.15) is 24.7 Å². The van der Waals surface area contributed by atoms with Gasteiger partial charge in [0.25, 0.3) is 0 Å². The zero-order valence-corrected chi connectivity index (χ0v) is 12.1. The standard InChI is InChI=1S/C12H20ClN3O2/c1-5-6-16(8-11(17)18-4)7-10-12(13)9(2)14-15(10)3/h5-8H2,1-4H3. The summed E-state index contributed by atoms with van der Waals surface area (Å²) < 4.78 is 6.46. The summed E-state index contributed by atoms with van der Waals surface area (Å²) in [4.78, 5) is 13.4. The second kappa shape index (κ2) is 6.75. The highest BCUT2D eigenvalue weighted by Gasteiger charge is 2.17. The zero-order valence-electron chi connectivity index (χ0n) is 11.4. The van der Waals surface area contributed by atoms with Gasteiger partial charge in [-0.25, -0.2) is 0 Å². The van der Waals surface area contributed by atoms with E-state index >= 15 is 0 Å². The van der Waals surface area contributed by atoms with E-state index in [-0.39, 0.29) is 12.5 Å². The number of nitrogens with zero attached hydrogens (tertiary/aromatic N) is 3. The van der Waals surface area contributed by atoms with Crippen LogP contribution in [0, 0.1) is 6.92 Å². The van der Waals surface area contributed by atoms with Crippen LogP contribution in [-0.4, -0.2) is 40.8 Å². The molecule has 0 aliphatic rings. The van der Waals surface area contributed by atoms with Gasteiger partial charge in [0.1, 0.15) is 0 Å². The lowest BCUT2D eigenvalue weighted by atomic mass is 10.3. The van der Waals surface area contributed by atoms with Crippen molar-refractivity contribution in [3.05, 3.63) is 16.4 Å². The number of carbonyl (C=O) groups excluding carboxylic acids is 1. The maximum atomic E-state index is 11.3. The van der Waals surface area contributed by atoms with Gasteiger partial charge < -0.3 is 4.74 Å². The molecule has 102 valence electrons. The molecule has 5 nitrogen and oxygen atoms in total. The molecule has 0 fully saturated rings. The number of halogens is 1. The lowest BCUT2D eigenvalue weighted by Crippen LogP contribution is -2.31. The van der Waals surface area contributed by atoms with Gasteiger partial charge in [0.05, 0.1) is 30.1 Å². The van der Waals surface area contributed by atoms with Crippen LogP contribution in [0.2, 0.25) is 5.02 Å². The summed E-state index contributed by atoms with van der Waals surface area (Å²) in [7, 11) is 3.25. The fourth-order valence-corrected chi connectivity index (χ4v) is 2.06. The van der Waals surface area contributed by atoms with E-state index in [2.05, 4.69) is 12.0 Å². The van der Waals surface area contributed by atoms with Crippen LogP contribution in [-0.2, 0) is 23.1 Å². The van der Waals surface area contributed by atoms with Crippen molar-refractivity contribution >= 4 is 17.6 Å². The normalized spacial score (nSPS) is 11.0. The molecule has 1 aromatic rings. The van der Waals surface area contributed by atoms with Crippen LogP contribution in [0.4, 0.5) is 0 Å². The topological polar surface area (TPSA) is 47.4 Å². The molecule has 0 aromatic carbocycles. The molecule has 0 aliphatic carbocycles. The molecule has 1 heterocycles. The maximum absolute atomic E-state index is 11.3. The van der Waals surface area contributed by atoms with Crippen LogP contribution < -0.4 is 0 Å². The Labute approximate surface area is 113 Å². The smallest absolute Gasteiger partial charge is 0.319 e. The average Bonchev–Trinajstić information content (AvgIpc) is 2.56. The average molecular weight is 274 g/mol. The summed E-state index contributed by atoms with van der Waals surface area (Å²) >= 11 is 6.20. The molecule has 6 heteroatoms. The lowest BCUT2D eigenvalue weighted by Gasteiger charge is -2.20. The van der Waals surface area contributed by atoms with E-state index < -0.39 is 0 Å². The van der Waals surface area contributed by atoms with Gasteiger partial charge in [-0.05, 0) is 19.9 Å². The van der Waals surface area contributed by atoms with Crippen molar-refractivity contribution in [1.29, 1.82) is 0 Å². The maximum Gasteiger partial charge on any atom is 0.319 e. The zero-order chi connectivity index (χ0) is 13.7. The monoisotopic (exact) mass is 273 g/mol. The molecule has 0 spiro atoms. The molecule has 0 atom stereocenters. The Morgan fingerprint density at radius 1 is 1.56 bits per heavy atom. The predicted molar refractivity (Wildman–Crippen MR) is 70.5 cm³/mol. The van der Waals surface area contributed by atoms with E-state index in [1.165, 1.54) is 7.11 Å². The first-order chi connectivity index (χ1) is 8.49. The van der Waals surface area contributed by atoms with Crippen molar-refractivity contribution < 1.29 is 9.53 Å². The number of esters is 1. The molecular weight excluding hydrogens is 254 g/mol. The third kappa shape index (κ3) is 3.71. The van der Waals surface area contributed by atoms with Gasteiger partial charge >= 0.3 is 5.97 Å². The van der Waals surface area contributed by atoms with Crippen LogP contribution in [0.15, 0.2) is 0 Å². The molecule has 0 aliphatic heterocycles. The van der Waals surface area contributed by atoms with Crippen molar-refractivity contribution in [2.75, 3.05) is 20.2 Å². The van der Waals surface area contributed by atoms with Crippen LogP contribution in [0.3, 0.4) is 0 Å². The molecule has 0 bridgehead atoms. The first-order valence-corrected chi connectivity index (χ1v) is 6.34. The van der Waals surface area contributed by atoms with Crippen molar-refractivity contribution in [1.82, 2.24) is 14.7 Å². The Hall–Kier alpha value is -1.07. The Bertz CT molecular complexity index is 418. The highest BCUT2D eigenvalue weighted by molar-refractivity contribution is 6.31. The van der Waals surface area contributed by atoms with Crippen LogP contribution in [0.25, 0.3) is 0 Å². The SMILES string of the molecule is CCCN(CC(=O)OC)Cc1c(Cl)c(C)nn1C. The Morgan fingerprint density at radius 2 is 2.22 bits per heavy atom. The van der Waals surface area contributed by atoms with Gasteiger partial charge in [0, 0.05) is 13.6 Å². The van der Waals surface area contributed by atoms with Gasteiger partial charge in [0.15, 0.2) is 0 Å². The second-order valence-electron chi connectivity index (χ2n) is 4.26. The van der Waals surface area contributed by atoms with Crippen molar-refractivity contribution in [3.8, 4) is 0 Å². The van der Waals surface area contributed by atoms with Crippen molar-refractivity contribution in [3.63, 3.8) is 0 Å². The molecule has 18 heavy (non-hydrogen) atoms. The van der Waals surface area contributed by atoms with Crippen molar-refractivity contribution in [2.24, 2.45) is 7.05 Å². The predicted octanol–water partition coefficient (Wildman–Crippen LogP) is 1.77. The minimum atomic E-state index is -0.238. The summed E-state index contributed by atoms with van der Waals surface area (Å²) in [5.74, 6) is -0.238. The second-order valence-corrected chi connectivity index (χ2v) is 4.63. The van der Waals surface area contributed by atoms with Gasteiger partial charge in [-0.3, -0.25) is 14.4 Å². The molecule has 0 saturated heterocycles. The summed E-state index contributed by atoms with van der Waals surface area (Å²) in [5.41, 5.74) is 1.73. The number of hydrogen-bond donors (Lipinski definition) is 0. The Morgan fingerprint density at radius 3 is 2.67 bits per heavy atom. The number of methoxy groups -OCH3 is 1. The lowest BCUT2D eigenvalue weighted by molar-refractivity contribution is -0.142. The van der Waals surface area contributed by atoms with E-state index in [9.17, 15) is 4.79 Å². The van der Waals surface area contributed by atoms with Gasteiger partial charge in [0.2, 0.25) is 0 Å². The molecule has 1 rings (SSSR count). The van der Waals surface area contributed by atoms with Crippen LogP contribution in [0.5, 0.6) is 0 Å². The van der Waals surface area contributed by atoms with Gasteiger partial charge in [-0.15, -0.1) is 0 Å². The van der Waals surface area contributed by atoms with Gasteiger partial charge in [-0.1, -0.05) is 18.5 Å². The Balaban J connectivity index is 2.79. The molecule has 1 aromatic heterocycles. The number of rotatable bonds is 6. The van der Waals surface area contributed by atoms with E-state index in [1.807, 2.05) is 18.9 Å². The molecule has 0 radical (unpaired) electrons. The van der Waals surface area contributed by atoms with Crippen molar-refractivity contribution in [2.45, 2.75) is 26.8 Å². The highest BCUT2D eigenvalue weighted by Crippen LogP contribution is 2.20. The van der Waals surface area contributed by atoms with E-state index in [1.54, 1.807) is 4.68 Å². The molecule has 0 saturated carbocycles. The third-order valence-corrected chi connectivity index (χ3v) is 3.25. The molecule has 0 unspecified atom stereocenters. The quantitative estimate of drug-likeness (QED) is 0.741. The highest BCUT2D eigenvalue weighted by atomic mass is 35.5. The first-order valence-electron chi connectivity index (χ1n) is 5.96. The molecule has 0 amide bonds. The number of aromatic nitrogens is 2. The number of carbonyl (C=O) groups is 1. The molecule has 0 N–H and O–H groups in total. The summed E-state index contributed by atoms with van der Waals surface area (Å²) in [5, 5.41) is 4.93. The minimum Gasteiger partial charge on any atom is -0.468 e. The van der Waals surface area contributed by atoms with Crippen LogP contribution >= 0.6 is 11.6 Å². The van der Waals surface area contributed by atoms with E-state index in [0.29, 0.717) is 11.6 Å². The third-order valence-electron chi connectivity index (χ3n) is 2.76. The van der Waals surface area contributed by atoms with E-state index in [4.69, 9.17) is 16.3 Å². The number of aryl methyl sites for hydroxylation is 2. The molecular formula is C12H20ClN3O2. The number of hydrogen-bond acceptors (Lipinski definition) is 4. The van der Waals surface area contributed by atoms with E-state index in [0.717, 1.165) is 24.4 Å². The summed E-state index contributed by atoms with van der Waals surface area (Å²) in [6.07, 6.45) is 0.964. The summed E-state index contributed by atoms with van der Waals surface area (Å²) in [6, 6.07) is 0. The number of ether oxygens (including phenoxy) is 1. The van der Waals surface area contributed by atoms with Gasteiger partial charge in [-0.2, -0.15) is 5.10 Å². The fourth-order valence-electron chi connectivity index (χ4n) is 1.84. The summed E-state index contributed by atoms with van der Waals surface area (Å²) in [6.45, 7) is 5.62. The largest absolute Gasteiger partial charge is 0.468 e. The minimum absolute atomic E-state index is 0.238.